The minimum Gasteiger partial charge on any atom is -0.391 e. The number of hydrogen-bond acceptors (Lipinski definition) is 6. The summed E-state index contributed by atoms with van der Waals surface area (Å²) in [6.45, 7) is 5.00. The van der Waals surface area contributed by atoms with Gasteiger partial charge in [0.15, 0.2) is 0 Å². The third kappa shape index (κ3) is 5.00. The smallest absolute Gasteiger partial charge is 0.311 e. The molecule has 0 aliphatic heterocycles. The average molecular weight is 282 g/mol. The van der Waals surface area contributed by atoms with E-state index in [0.717, 1.165) is 19.4 Å². The zero-order valence-corrected chi connectivity index (χ0v) is 11.9. The van der Waals surface area contributed by atoms with Crippen molar-refractivity contribution in [3.63, 3.8) is 0 Å². The first-order valence-electron chi connectivity index (χ1n) is 6.89. The molecular weight excluding hydrogens is 260 g/mol. The number of hydrogen-bond donors (Lipinski definition) is 3. The predicted octanol–water partition coefficient (Wildman–Crippen LogP) is 2.38. The van der Waals surface area contributed by atoms with Gasteiger partial charge in [-0.2, -0.15) is 0 Å². The highest BCUT2D eigenvalue weighted by atomic mass is 16.6. The molecule has 0 spiro atoms. The van der Waals surface area contributed by atoms with Crippen LogP contribution in [0.2, 0.25) is 0 Å². The van der Waals surface area contributed by atoms with Crippen LogP contribution >= 0.6 is 0 Å². The van der Waals surface area contributed by atoms with Crippen molar-refractivity contribution in [3.05, 3.63) is 22.2 Å². The first-order chi connectivity index (χ1) is 9.58. The van der Waals surface area contributed by atoms with E-state index in [0.29, 0.717) is 12.2 Å². The minimum atomic E-state index is -0.534. The van der Waals surface area contributed by atoms with E-state index in [2.05, 4.69) is 15.6 Å². The first-order valence-corrected chi connectivity index (χ1v) is 6.89. The molecule has 112 valence electrons. The Balaban J connectivity index is 2.80. The maximum Gasteiger partial charge on any atom is 0.311 e. The molecule has 0 bridgehead atoms. The fourth-order valence-corrected chi connectivity index (χ4v) is 1.73. The van der Waals surface area contributed by atoms with E-state index in [1.165, 1.54) is 6.07 Å². The molecule has 1 aromatic heterocycles. The quantitative estimate of drug-likeness (QED) is 0.475. The monoisotopic (exact) mass is 282 g/mol. The van der Waals surface area contributed by atoms with Gasteiger partial charge >= 0.3 is 5.69 Å². The minimum absolute atomic E-state index is 0.0873. The van der Waals surface area contributed by atoms with E-state index in [-0.39, 0.29) is 18.1 Å². The Hall–Kier alpha value is -1.89. The van der Waals surface area contributed by atoms with Gasteiger partial charge in [0.25, 0.3) is 0 Å². The second kappa shape index (κ2) is 8.31. The van der Waals surface area contributed by atoms with E-state index in [4.69, 9.17) is 0 Å². The van der Waals surface area contributed by atoms with Crippen molar-refractivity contribution >= 4 is 17.3 Å². The van der Waals surface area contributed by atoms with Gasteiger partial charge < -0.3 is 15.7 Å². The van der Waals surface area contributed by atoms with Crippen molar-refractivity contribution in [2.45, 2.75) is 39.2 Å². The molecule has 1 aromatic rings. The fourth-order valence-electron chi connectivity index (χ4n) is 1.73. The standard InChI is InChI=1S/C13H22N4O3/c1-3-5-10(18)9-15-13-11(17(19)20)6-7-12(16-13)14-8-4-2/h6-7,10,18H,3-5,8-9H2,1-2H3,(H2,14,15,16). The number of aromatic nitrogens is 1. The molecule has 0 aromatic carbocycles. The molecule has 7 heteroatoms. The summed E-state index contributed by atoms with van der Waals surface area (Å²) >= 11 is 0. The van der Waals surface area contributed by atoms with Crippen LogP contribution in [0.5, 0.6) is 0 Å². The maximum atomic E-state index is 11.0. The Morgan fingerprint density at radius 1 is 1.35 bits per heavy atom. The van der Waals surface area contributed by atoms with Gasteiger partial charge in [-0.25, -0.2) is 4.98 Å². The Morgan fingerprint density at radius 2 is 2.10 bits per heavy atom. The molecule has 7 nitrogen and oxygen atoms in total. The van der Waals surface area contributed by atoms with Crippen molar-refractivity contribution in [2.75, 3.05) is 23.7 Å². The number of pyridine rings is 1. The van der Waals surface area contributed by atoms with Crippen LogP contribution in [0.15, 0.2) is 12.1 Å². The number of nitrogens with one attached hydrogen (secondary N) is 2. The summed E-state index contributed by atoms with van der Waals surface area (Å²) in [6.07, 6.45) is 1.91. The summed E-state index contributed by atoms with van der Waals surface area (Å²) in [7, 11) is 0. The van der Waals surface area contributed by atoms with Gasteiger partial charge in [-0.05, 0) is 18.9 Å². The van der Waals surface area contributed by atoms with Crippen molar-refractivity contribution in [2.24, 2.45) is 0 Å². The number of nitro groups is 1. The highest BCUT2D eigenvalue weighted by Crippen LogP contribution is 2.24. The van der Waals surface area contributed by atoms with E-state index in [1.54, 1.807) is 6.07 Å². The highest BCUT2D eigenvalue weighted by Gasteiger charge is 2.16. The van der Waals surface area contributed by atoms with E-state index >= 15 is 0 Å². The molecule has 0 saturated carbocycles. The third-order valence-electron chi connectivity index (χ3n) is 2.75. The molecule has 1 heterocycles. The molecule has 0 fully saturated rings. The summed E-state index contributed by atoms with van der Waals surface area (Å²) in [5, 5.41) is 26.6. The summed E-state index contributed by atoms with van der Waals surface area (Å²) in [5.74, 6) is 0.774. The van der Waals surface area contributed by atoms with Crippen LogP contribution in [0.4, 0.5) is 17.3 Å². The molecule has 3 N–H and O–H groups in total. The second-order valence-corrected chi connectivity index (χ2v) is 4.57. The molecule has 0 aliphatic rings. The van der Waals surface area contributed by atoms with Gasteiger partial charge in [0.05, 0.1) is 11.0 Å². The van der Waals surface area contributed by atoms with Gasteiger partial charge in [0, 0.05) is 19.2 Å². The van der Waals surface area contributed by atoms with E-state index in [1.807, 2.05) is 13.8 Å². The van der Waals surface area contributed by atoms with Crippen LogP contribution in [0, 0.1) is 10.1 Å². The second-order valence-electron chi connectivity index (χ2n) is 4.57. The number of anilines is 2. The molecular formula is C13H22N4O3. The zero-order chi connectivity index (χ0) is 15.0. The first kappa shape index (κ1) is 16.2. The summed E-state index contributed by atoms with van der Waals surface area (Å²) in [5.41, 5.74) is -0.0873. The molecule has 0 saturated heterocycles. The number of rotatable bonds is 9. The van der Waals surface area contributed by atoms with Crippen LogP contribution in [-0.4, -0.2) is 34.2 Å². The van der Waals surface area contributed by atoms with Crippen LogP contribution in [0.25, 0.3) is 0 Å². The summed E-state index contributed by atoms with van der Waals surface area (Å²) < 4.78 is 0. The fraction of sp³-hybridized carbons (Fsp3) is 0.615. The largest absolute Gasteiger partial charge is 0.391 e. The normalized spacial score (nSPS) is 11.9. The van der Waals surface area contributed by atoms with E-state index in [9.17, 15) is 15.2 Å². The van der Waals surface area contributed by atoms with Gasteiger partial charge in [0.2, 0.25) is 5.82 Å². The van der Waals surface area contributed by atoms with Crippen molar-refractivity contribution < 1.29 is 10.0 Å². The Labute approximate surface area is 118 Å². The maximum absolute atomic E-state index is 11.0. The molecule has 0 amide bonds. The summed E-state index contributed by atoms with van der Waals surface area (Å²) in [4.78, 5) is 14.7. The lowest BCUT2D eigenvalue weighted by Gasteiger charge is -2.12. The topological polar surface area (TPSA) is 100 Å². The van der Waals surface area contributed by atoms with Crippen molar-refractivity contribution in [3.8, 4) is 0 Å². The highest BCUT2D eigenvalue weighted by molar-refractivity contribution is 5.60. The van der Waals surface area contributed by atoms with Crippen LogP contribution in [0.3, 0.4) is 0 Å². The Kier molecular flexibility index (Phi) is 6.72. The molecule has 1 rings (SSSR count). The molecule has 0 radical (unpaired) electrons. The number of aliphatic hydroxyl groups is 1. The predicted molar refractivity (Wildman–Crippen MR) is 79.1 cm³/mol. The van der Waals surface area contributed by atoms with Crippen molar-refractivity contribution in [1.82, 2.24) is 4.98 Å². The Morgan fingerprint density at radius 3 is 2.70 bits per heavy atom. The van der Waals surface area contributed by atoms with Gasteiger partial charge in [0.1, 0.15) is 5.82 Å². The lowest BCUT2D eigenvalue weighted by molar-refractivity contribution is -0.384. The number of nitrogens with zero attached hydrogens (tertiary/aromatic N) is 2. The SMILES string of the molecule is CCCNc1ccc([N+](=O)[O-])c(NCC(O)CCC)n1. The van der Waals surface area contributed by atoms with Crippen LogP contribution in [-0.2, 0) is 0 Å². The Bertz CT molecular complexity index is 440. The van der Waals surface area contributed by atoms with Gasteiger partial charge in [-0.1, -0.05) is 20.3 Å². The molecule has 20 heavy (non-hydrogen) atoms. The van der Waals surface area contributed by atoms with Crippen LogP contribution in [0.1, 0.15) is 33.1 Å². The third-order valence-corrected chi connectivity index (χ3v) is 2.75. The van der Waals surface area contributed by atoms with E-state index < -0.39 is 11.0 Å². The van der Waals surface area contributed by atoms with Crippen molar-refractivity contribution in [1.29, 1.82) is 0 Å². The zero-order valence-electron chi connectivity index (χ0n) is 11.9. The average Bonchev–Trinajstić information content (AvgIpc) is 2.43. The molecule has 0 aliphatic carbocycles. The van der Waals surface area contributed by atoms with Gasteiger partial charge in [-0.15, -0.1) is 0 Å². The summed E-state index contributed by atoms with van der Waals surface area (Å²) in [6, 6.07) is 3.00. The molecule has 1 atom stereocenters. The van der Waals surface area contributed by atoms with Gasteiger partial charge in [-0.3, -0.25) is 10.1 Å². The lowest BCUT2D eigenvalue weighted by atomic mass is 10.2. The lowest BCUT2D eigenvalue weighted by Crippen LogP contribution is -2.20. The van der Waals surface area contributed by atoms with Crippen LogP contribution < -0.4 is 10.6 Å². The molecule has 1 unspecified atom stereocenters. The number of aliphatic hydroxyl groups excluding tert-OH is 1.